The van der Waals surface area contributed by atoms with Gasteiger partial charge in [-0.1, -0.05) is 37.1 Å². The first-order valence-corrected chi connectivity index (χ1v) is 12.0. The van der Waals surface area contributed by atoms with Crippen molar-refractivity contribution in [3.63, 3.8) is 0 Å². The Morgan fingerprint density at radius 3 is 2.27 bits per heavy atom. The first kappa shape index (κ1) is 22.5. The number of anilines is 1. The van der Waals surface area contributed by atoms with Gasteiger partial charge in [0.25, 0.3) is 0 Å². The Hall–Kier alpha value is -2.18. The maximum absolute atomic E-state index is 13.7. The minimum atomic E-state index is -3.82. The number of nitrogens with zero attached hydrogens (tertiary/aromatic N) is 1. The van der Waals surface area contributed by atoms with Crippen molar-refractivity contribution in [1.29, 1.82) is 0 Å². The summed E-state index contributed by atoms with van der Waals surface area (Å²) in [5, 5.41) is 2.90. The number of aryl methyl sites for hydroxylation is 2. The molecule has 6 heteroatoms. The van der Waals surface area contributed by atoms with Crippen LogP contribution in [0.4, 0.5) is 5.69 Å². The standard InChI is InChI=1S/C24H32N2O3S/c1-18-7-8-19(2)22(17-18)30(28,29)24(14-5-6-15-24)23(27)25-21-11-9-20(10-12-21)13-16-26(3)4/h7-12,17H,5-6,13-16H2,1-4H3,(H,25,27). The largest absolute Gasteiger partial charge is 0.325 e. The lowest BCUT2D eigenvalue weighted by Crippen LogP contribution is -2.47. The number of hydrogen-bond donors (Lipinski definition) is 1. The Bertz CT molecular complexity index is 1010. The van der Waals surface area contributed by atoms with Gasteiger partial charge in [0.15, 0.2) is 14.6 Å². The Morgan fingerprint density at radius 1 is 1.03 bits per heavy atom. The molecule has 0 aromatic heterocycles. The molecule has 162 valence electrons. The Morgan fingerprint density at radius 2 is 1.67 bits per heavy atom. The van der Waals surface area contributed by atoms with Crippen LogP contribution in [-0.4, -0.2) is 44.6 Å². The molecule has 3 rings (SSSR count). The molecule has 0 unspecified atom stereocenters. The van der Waals surface area contributed by atoms with Gasteiger partial charge in [0.05, 0.1) is 4.90 Å². The molecule has 0 bridgehead atoms. The molecule has 1 saturated carbocycles. The summed E-state index contributed by atoms with van der Waals surface area (Å²) < 4.78 is 26.0. The summed E-state index contributed by atoms with van der Waals surface area (Å²) in [5.74, 6) is -0.415. The fraction of sp³-hybridized carbons (Fsp3) is 0.458. The average molecular weight is 429 g/mol. The molecule has 0 spiro atoms. The summed E-state index contributed by atoms with van der Waals surface area (Å²) in [4.78, 5) is 15.8. The molecule has 0 heterocycles. The second-order valence-corrected chi connectivity index (χ2v) is 10.9. The van der Waals surface area contributed by atoms with Crippen molar-refractivity contribution in [2.45, 2.75) is 55.6 Å². The van der Waals surface area contributed by atoms with Gasteiger partial charge in [-0.25, -0.2) is 8.42 Å². The van der Waals surface area contributed by atoms with E-state index in [0.717, 1.165) is 31.4 Å². The Balaban J connectivity index is 1.87. The van der Waals surface area contributed by atoms with E-state index in [4.69, 9.17) is 0 Å². The van der Waals surface area contributed by atoms with Crippen molar-refractivity contribution in [2.75, 3.05) is 26.0 Å². The van der Waals surface area contributed by atoms with Crippen molar-refractivity contribution in [3.05, 3.63) is 59.2 Å². The van der Waals surface area contributed by atoms with Gasteiger partial charge in [-0.15, -0.1) is 0 Å². The molecule has 0 atom stereocenters. The number of amides is 1. The van der Waals surface area contributed by atoms with Crippen molar-refractivity contribution >= 4 is 21.4 Å². The Labute approximate surface area is 180 Å². The minimum Gasteiger partial charge on any atom is -0.325 e. The van der Waals surface area contributed by atoms with Crippen molar-refractivity contribution < 1.29 is 13.2 Å². The normalized spacial score (nSPS) is 16.0. The second kappa shape index (κ2) is 8.90. The zero-order valence-electron chi connectivity index (χ0n) is 18.4. The molecular formula is C24H32N2O3S. The predicted octanol–water partition coefficient (Wildman–Crippen LogP) is 4.13. The number of carbonyl (C=O) groups is 1. The van der Waals surface area contributed by atoms with Crippen LogP contribution in [0.1, 0.15) is 42.4 Å². The smallest absolute Gasteiger partial charge is 0.246 e. The van der Waals surface area contributed by atoms with Crippen LogP contribution >= 0.6 is 0 Å². The van der Waals surface area contributed by atoms with Gasteiger partial charge in [0, 0.05) is 12.2 Å². The van der Waals surface area contributed by atoms with Crippen LogP contribution in [-0.2, 0) is 21.1 Å². The second-order valence-electron chi connectivity index (χ2n) is 8.68. The van der Waals surface area contributed by atoms with Gasteiger partial charge in [0.1, 0.15) is 0 Å². The van der Waals surface area contributed by atoms with E-state index >= 15 is 0 Å². The third-order valence-electron chi connectivity index (χ3n) is 6.03. The van der Waals surface area contributed by atoms with Crippen molar-refractivity contribution in [3.8, 4) is 0 Å². The van der Waals surface area contributed by atoms with Gasteiger partial charge in [-0.2, -0.15) is 0 Å². The highest BCUT2D eigenvalue weighted by atomic mass is 32.2. The lowest BCUT2D eigenvalue weighted by molar-refractivity contribution is -0.118. The van der Waals surface area contributed by atoms with E-state index in [0.29, 0.717) is 24.1 Å². The van der Waals surface area contributed by atoms with Crippen molar-refractivity contribution in [2.24, 2.45) is 0 Å². The van der Waals surface area contributed by atoms with E-state index in [-0.39, 0.29) is 4.90 Å². The van der Waals surface area contributed by atoms with E-state index in [9.17, 15) is 13.2 Å². The van der Waals surface area contributed by atoms with Gasteiger partial charge in [0.2, 0.25) is 5.91 Å². The topological polar surface area (TPSA) is 66.5 Å². The van der Waals surface area contributed by atoms with Crippen LogP contribution < -0.4 is 5.32 Å². The molecule has 2 aromatic carbocycles. The summed E-state index contributed by atoms with van der Waals surface area (Å²) in [6.45, 7) is 4.61. The highest BCUT2D eigenvalue weighted by molar-refractivity contribution is 7.93. The van der Waals surface area contributed by atoms with Crippen molar-refractivity contribution in [1.82, 2.24) is 4.90 Å². The summed E-state index contributed by atoms with van der Waals surface area (Å²) in [6.07, 6.45) is 3.11. The number of nitrogens with one attached hydrogen (secondary N) is 1. The molecule has 0 saturated heterocycles. The van der Waals surface area contributed by atoms with Gasteiger partial charge < -0.3 is 10.2 Å². The summed E-state index contributed by atoms with van der Waals surface area (Å²) in [7, 11) is 0.251. The Kier molecular flexibility index (Phi) is 6.68. The lowest BCUT2D eigenvalue weighted by Gasteiger charge is -2.28. The van der Waals surface area contributed by atoms with Crippen LogP contribution in [0, 0.1) is 13.8 Å². The molecular weight excluding hydrogens is 396 g/mol. The zero-order valence-corrected chi connectivity index (χ0v) is 19.2. The highest BCUT2D eigenvalue weighted by Crippen LogP contribution is 2.42. The van der Waals surface area contributed by atoms with Crippen LogP contribution in [0.25, 0.3) is 0 Å². The van der Waals surface area contributed by atoms with E-state index < -0.39 is 20.5 Å². The number of rotatable bonds is 7. The molecule has 0 aliphatic heterocycles. The summed E-state index contributed by atoms with van der Waals surface area (Å²) >= 11 is 0. The lowest BCUT2D eigenvalue weighted by atomic mass is 10.1. The maximum Gasteiger partial charge on any atom is 0.246 e. The molecule has 1 aliphatic carbocycles. The summed E-state index contributed by atoms with van der Waals surface area (Å²) in [5.41, 5.74) is 3.38. The third kappa shape index (κ3) is 4.44. The molecule has 1 N–H and O–H groups in total. The third-order valence-corrected chi connectivity index (χ3v) is 8.67. The van der Waals surface area contributed by atoms with Crippen LogP contribution in [0.15, 0.2) is 47.4 Å². The van der Waals surface area contributed by atoms with Crippen LogP contribution in [0.2, 0.25) is 0 Å². The first-order chi connectivity index (χ1) is 14.2. The van der Waals surface area contributed by atoms with E-state index in [2.05, 4.69) is 10.2 Å². The first-order valence-electron chi connectivity index (χ1n) is 10.5. The molecule has 2 aromatic rings. The number of carbonyl (C=O) groups excluding carboxylic acids is 1. The van der Waals surface area contributed by atoms with E-state index in [1.54, 1.807) is 13.0 Å². The SMILES string of the molecule is Cc1ccc(C)c(S(=O)(=O)C2(C(=O)Nc3ccc(CCN(C)C)cc3)CCCC2)c1. The van der Waals surface area contributed by atoms with E-state index in [1.807, 2.05) is 57.4 Å². The average Bonchev–Trinajstić information content (AvgIpc) is 3.21. The number of sulfone groups is 1. The van der Waals surface area contributed by atoms with Crippen LogP contribution in [0.3, 0.4) is 0 Å². The number of likely N-dealkylation sites (N-methyl/N-ethyl adjacent to an activating group) is 1. The molecule has 0 radical (unpaired) electrons. The summed E-state index contributed by atoms with van der Waals surface area (Å²) in [6, 6.07) is 13.1. The van der Waals surface area contributed by atoms with Gasteiger partial charge >= 0.3 is 0 Å². The van der Waals surface area contributed by atoms with Gasteiger partial charge in [-0.05, 0) is 82.1 Å². The number of hydrogen-bond acceptors (Lipinski definition) is 4. The molecule has 1 fully saturated rings. The number of benzene rings is 2. The van der Waals surface area contributed by atoms with E-state index in [1.165, 1.54) is 5.56 Å². The minimum absolute atomic E-state index is 0.276. The fourth-order valence-corrected chi connectivity index (χ4v) is 6.50. The predicted molar refractivity (Wildman–Crippen MR) is 122 cm³/mol. The monoisotopic (exact) mass is 428 g/mol. The molecule has 30 heavy (non-hydrogen) atoms. The fourth-order valence-electron chi connectivity index (χ4n) is 4.12. The molecule has 1 aliphatic rings. The molecule has 5 nitrogen and oxygen atoms in total. The van der Waals surface area contributed by atoms with Gasteiger partial charge in [-0.3, -0.25) is 4.79 Å². The maximum atomic E-state index is 13.7. The van der Waals surface area contributed by atoms with Crippen LogP contribution in [0.5, 0.6) is 0 Å². The quantitative estimate of drug-likeness (QED) is 0.720. The zero-order chi connectivity index (χ0) is 21.9. The highest BCUT2D eigenvalue weighted by Gasteiger charge is 2.53. The molecule has 1 amide bonds.